The minimum atomic E-state index is -0.557. The van der Waals surface area contributed by atoms with Gasteiger partial charge in [-0.15, -0.1) is 11.6 Å². The van der Waals surface area contributed by atoms with E-state index in [1.165, 1.54) is 0 Å². The van der Waals surface area contributed by atoms with Gasteiger partial charge in [-0.25, -0.2) is 0 Å². The van der Waals surface area contributed by atoms with Crippen LogP contribution in [0.5, 0.6) is 0 Å². The first-order chi connectivity index (χ1) is 9.34. The summed E-state index contributed by atoms with van der Waals surface area (Å²) in [4.78, 5) is 12.1. The third kappa shape index (κ3) is 2.60. The van der Waals surface area contributed by atoms with Crippen LogP contribution in [0.25, 0.3) is 5.69 Å². The molecule has 0 saturated heterocycles. The summed E-state index contributed by atoms with van der Waals surface area (Å²) in [6.07, 6.45) is 0. The number of benzene rings is 1. The summed E-state index contributed by atoms with van der Waals surface area (Å²) in [7, 11) is 0. The maximum atomic E-state index is 12.1. The van der Waals surface area contributed by atoms with E-state index in [1.807, 2.05) is 36.6 Å². The van der Waals surface area contributed by atoms with E-state index >= 15 is 0 Å². The molecule has 1 aromatic carbocycles. The third-order valence-corrected chi connectivity index (χ3v) is 4.24. The van der Waals surface area contributed by atoms with Crippen LogP contribution in [0.2, 0.25) is 10.0 Å². The fraction of sp³-hybridized carbons (Fsp3) is 0.267. The summed E-state index contributed by atoms with van der Waals surface area (Å²) in [6, 6.07) is 7.25. The van der Waals surface area contributed by atoms with Gasteiger partial charge >= 0.3 is 0 Å². The minimum absolute atomic E-state index is 0.0934. The molecule has 20 heavy (non-hydrogen) atoms. The van der Waals surface area contributed by atoms with Crippen LogP contribution >= 0.6 is 34.8 Å². The van der Waals surface area contributed by atoms with E-state index in [2.05, 4.69) is 0 Å². The molecule has 0 aliphatic rings. The largest absolute Gasteiger partial charge is 0.316 e. The predicted octanol–water partition coefficient (Wildman–Crippen LogP) is 5.21. The molecule has 1 unspecified atom stereocenters. The number of halogens is 3. The van der Waals surface area contributed by atoms with Gasteiger partial charge in [0.05, 0.1) is 21.1 Å². The molecule has 2 rings (SSSR count). The summed E-state index contributed by atoms with van der Waals surface area (Å²) in [5.74, 6) is -0.0934. The quantitative estimate of drug-likeness (QED) is 0.559. The third-order valence-electron chi connectivity index (χ3n) is 3.23. The molecular weight excluding hydrogens is 317 g/mol. The number of rotatable bonds is 3. The Hall–Kier alpha value is -0.960. The minimum Gasteiger partial charge on any atom is -0.316 e. The first-order valence-electron chi connectivity index (χ1n) is 6.16. The van der Waals surface area contributed by atoms with E-state index in [4.69, 9.17) is 34.8 Å². The van der Waals surface area contributed by atoms with Crippen LogP contribution in [0.15, 0.2) is 24.3 Å². The molecule has 0 aliphatic carbocycles. The number of ketones is 1. The zero-order valence-corrected chi connectivity index (χ0v) is 13.6. The maximum absolute atomic E-state index is 12.1. The normalized spacial score (nSPS) is 12.5. The van der Waals surface area contributed by atoms with Crippen molar-refractivity contribution >= 4 is 40.6 Å². The lowest BCUT2D eigenvalue weighted by atomic mass is 10.1. The van der Waals surface area contributed by atoms with Crippen molar-refractivity contribution in [2.24, 2.45) is 0 Å². The number of carbonyl (C=O) groups excluding carboxylic acids is 1. The molecule has 0 fully saturated rings. The van der Waals surface area contributed by atoms with E-state index in [-0.39, 0.29) is 5.78 Å². The van der Waals surface area contributed by atoms with Gasteiger partial charge in [0.1, 0.15) is 0 Å². The first kappa shape index (κ1) is 15.4. The number of hydrogen-bond donors (Lipinski definition) is 0. The highest BCUT2D eigenvalue weighted by molar-refractivity contribution is 6.43. The molecule has 0 bridgehead atoms. The Bertz CT molecular complexity index is 674. The Morgan fingerprint density at radius 2 is 1.90 bits per heavy atom. The Labute approximate surface area is 133 Å². The molecule has 0 aliphatic heterocycles. The summed E-state index contributed by atoms with van der Waals surface area (Å²) < 4.78 is 1.92. The van der Waals surface area contributed by atoms with Crippen molar-refractivity contribution in [3.63, 3.8) is 0 Å². The van der Waals surface area contributed by atoms with Gasteiger partial charge in [0.15, 0.2) is 5.78 Å². The van der Waals surface area contributed by atoms with Gasteiger partial charge in [-0.2, -0.15) is 0 Å². The van der Waals surface area contributed by atoms with E-state index in [0.29, 0.717) is 15.6 Å². The second kappa shape index (κ2) is 5.80. The van der Waals surface area contributed by atoms with Crippen LogP contribution < -0.4 is 0 Å². The topological polar surface area (TPSA) is 22.0 Å². The molecular formula is C15H14Cl3NO. The van der Waals surface area contributed by atoms with Gasteiger partial charge in [-0.05, 0) is 39.0 Å². The monoisotopic (exact) mass is 329 g/mol. The number of nitrogens with zero attached hydrogens (tertiary/aromatic N) is 1. The standard InChI is InChI=1S/C15H14Cl3NO/c1-8-7-11(15(20)9(2)16)10(3)19(8)13-6-4-5-12(17)14(13)18/h4-7,9H,1-3H3. The lowest BCUT2D eigenvalue weighted by Gasteiger charge is -2.12. The highest BCUT2D eigenvalue weighted by Crippen LogP contribution is 2.32. The van der Waals surface area contributed by atoms with Crippen molar-refractivity contribution in [1.82, 2.24) is 4.57 Å². The maximum Gasteiger partial charge on any atom is 0.182 e. The molecule has 0 radical (unpaired) electrons. The van der Waals surface area contributed by atoms with Crippen LogP contribution in [-0.2, 0) is 0 Å². The van der Waals surface area contributed by atoms with Crippen LogP contribution in [-0.4, -0.2) is 15.7 Å². The number of alkyl halides is 1. The fourth-order valence-corrected chi connectivity index (χ4v) is 2.76. The number of hydrogen-bond acceptors (Lipinski definition) is 1. The number of aromatic nitrogens is 1. The highest BCUT2D eigenvalue weighted by Gasteiger charge is 2.21. The summed E-state index contributed by atoms with van der Waals surface area (Å²) in [5, 5.41) is 0.392. The molecule has 0 spiro atoms. The molecule has 2 aromatic rings. The predicted molar refractivity (Wildman–Crippen MR) is 84.9 cm³/mol. The van der Waals surface area contributed by atoms with Gasteiger partial charge < -0.3 is 4.57 Å². The van der Waals surface area contributed by atoms with Crippen LogP contribution in [0, 0.1) is 13.8 Å². The van der Waals surface area contributed by atoms with Crippen molar-refractivity contribution < 1.29 is 4.79 Å². The van der Waals surface area contributed by atoms with Crippen LogP contribution in [0.3, 0.4) is 0 Å². The van der Waals surface area contributed by atoms with Crippen molar-refractivity contribution in [1.29, 1.82) is 0 Å². The van der Waals surface area contributed by atoms with Crippen molar-refractivity contribution in [3.8, 4) is 5.69 Å². The van der Waals surface area contributed by atoms with Gasteiger partial charge in [-0.1, -0.05) is 29.3 Å². The Morgan fingerprint density at radius 1 is 1.25 bits per heavy atom. The second-order valence-corrected chi connectivity index (χ2v) is 6.11. The smallest absolute Gasteiger partial charge is 0.182 e. The SMILES string of the molecule is Cc1cc(C(=O)C(C)Cl)c(C)n1-c1cccc(Cl)c1Cl. The second-order valence-electron chi connectivity index (χ2n) is 4.67. The van der Waals surface area contributed by atoms with Crippen LogP contribution in [0.1, 0.15) is 28.7 Å². The fourth-order valence-electron chi connectivity index (χ4n) is 2.26. The Kier molecular flexibility index (Phi) is 4.48. The number of carbonyl (C=O) groups is 1. The van der Waals surface area contributed by atoms with Crippen molar-refractivity contribution in [2.75, 3.05) is 0 Å². The van der Waals surface area contributed by atoms with E-state index in [0.717, 1.165) is 17.1 Å². The van der Waals surface area contributed by atoms with Crippen molar-refractivity contribution in [2.45, 2.75) is 26.1 Å². The number of Topliss-reactive ketones (excluding diaryl/α,β-unsaturated/α-hetero) is 1. The van der Waals surface area contributed by atoms with Crippen LogP contribution in [0.4, 0.5) is 0 Å². The number of aryl methyl sites for hydroxylation is 1. The zero-order chi connectivity index (χ0) is 15.0. The molecule has 0 amide bonds. The van der Waals surface area contributed by atoms with Gasteiger partial charge in [0.25, 0.3) is 0 Å². The zero-order valence-electron chi connectivity index (χ0n) is 11.4. The molecule has 0 saturated carbocycles. The van der Waals surface area contributed by atoms with Gasteiger partial charge in [-0.3, -0.25) is 4.79 Å². The van der Waals surface area contributed by atoms with Crippen molar-refractivity contribution in [3.05, 3.63) is 51.3 Å². The molecule has 1 atom stereocenters. The van der Waals surface area contributed by atoms with E-state index < -0.39 is 5.38 Å². The van der Waals surface area contributed by atoms with E-state index in [9.17, 15) is 4.79 Å². The van der Waals surface area contributed by atoms with Gasteiger partial charge in [0, 0.05) is 17.0 Å². The highest BCUT2D eigenvalue weighted by atomic mass is 35.5. The lowest BCUT2D eigenvalue weighted by molar-refractivity contribution is 0.0991. The Morgan fingerprint density at radius 3 is 2.50 bits per heavy atom. The average Bonchev–Trinajstić information content (AvgIpc) is 2.68. The van der Waals surface area contributed by atoms with Gasteiger partial charge in [0.2, 0.25) is 0 Å². The Balaban J connectivity index is 2.65. The molecule has 5 heteroatoms. The summed E-state index contributed by atoms with van der Waals surface area (Å²) >= 11 is 18.2. The van der Waals surface area contributed by atoms with E-state index in [1.54, 1.807) is 13.0 Å². The molecule has 106 valence electrons. The average molecular weight is 331 g/mol. The lowest BCUT2D eigenvalue weighted by Crippen LogP contribution is -2.11. The molecule has 1 heterocycles. The molecule has 1 aromatic heterocycles. The first-order valence-corrected chi connectivity index (χ1v) is 7.35. The summed E-state index contributed by atoms with van der Waals surface area (Å²) in [6.45, 7) is 5.46. The summed E-state index contributed by atoms with van der Waals surface area (Å²) in [5.41, 5.74) is 3.09. The molecule has 0 N–H and O–H groups in total. The molecule has 2 nitrogen and oxygen atoms in total.